The van der Waals surface area contributed by atoms with Crippen LogP contribution in [-0.4, -0.2) is 17.7 Å². The monoisotopic (exact) mass is 430 g/mol. The number of benzene rings is 3. The van der Waals surface area contributed by atoms with Gasteiger partial charge in [-0.05, 0) is 60.5 Å². The zero-order valence-corrected chi connectivity index (χ0v) is 17.0. The first kappa shape index (κ1) is 21.6. The van der Waals surface area contributed by atoms with Crippen molar-refractivity contribution in [2.45, 2.75) is 24.2 Å². The second kappa shape index (κ2) is 10.1. The zero-order chi connectivity index (χ0) is 21.5. The van der Waals surface area contributed by atoms with Crippen molar-refractivity contribution < 1.29 is 28.2 Å². The maximum absolute atomic E-state index is 13.7. The Morgan fingerprint density at radius 3 is 2.43 bits per heavy atom. The van der Waals surface area contributed by atoms with Crippen LogP contribution in [-0.2, 0) is 17.2 Å². The van der Waals surface area contributed by atoms with E-state index in [4.69, 9.17) is 14.6 Å². The number of hydrogen-bond acceptors (Lipinski definition) is 4. The normalized spacial score (nSPS) is 10.6. The average Bonchev–Trinajstić information content (AvgIpc) is 2.71. The van der Waals surface area contributed by atoms with Crippen LogP contribution >= 0.6 is 11.8 Å². The first-order chi connectivity index (χ1) is 14.4. The molecule has 0 heterocycles. The van der Waals surface area contributed by atoms with Gasteiger partial charge in [0.1, 0.15) is 29.7 Å². The van der Waals surface area contributed by atoms with Crippen LogP contribution in [0, 0.1) is 18.6 Å². The molecule has 0 aromatic heterocycles. The molecule has 0 radical (unpaired) electrons. The lowest BCUT2D eigenvalue weighted by molar-refractivity contribution is -0.139. The molecule has 0 amide bonds. The molecular weight excluding hydrogens is 410 g/mol. The highest BCUT2D eigenvalue weighted by atomic mass is 32.2. The number of carbonyl (C=O) groups is 1. The summed E-state index contributed by atoms with van der Waals surface area (Å²) in [7, 11) is 0. The van der Waals surface area contributed by atoms with Gasteiger partial charge in [-0.15, -0.1) is 11.8 Å². The summed E-state index contributed by atoms with van der Waals surface area (Å²) in [4.78, 5) is 11.6. The number of aliphatic carboxylic acids is 1. The molecule has 156 valence electrons. The third kappa shape index (κ3) is 6.22. The highest BCUT2D eigenvalue weighted by Crippen LogP contribution is 2.28. The molecule has 0 unspecified atom stereocenters. The van der Waals surface area contributed by atoms with Crippen molar-refractivity contribution in [2.75, 3.05) is 6.61 Å². The van der Waals surface area contributed by atoms with E-state index >= 15 is 0 Å². The summed E-state index contributed by atoms with van der Waals surface area (Å²) < 4.78 is 37.4. The minimum absolute atomic E-state index is 0.0236. The van der Waals surface area contributed by atoms with E-state index in [1.54, 1.807) is 17.8 Å². The molecule has 0 aliphatic heterocycles. The van der Waals surface area contributed by atoms with Gasteiger partial charge in [-0.25, -0.2) is 13.6 Å². The molecule has 4 nitrogen and oxygen atoms in total. The maximum atomic E-state index is 13.7. The summed E-state index contributed by atoms with van der Waals surface area (Å²) in [6.45, 7) is 1.53. The van der Waals surface area contributed by atoms with Crippen LogP contribution < -0.4 is 9.47 Å². The summed E-state index contributed by atoms with van der Waals surface area (Å²) in [5, 5.41) is 8.70. The van der Waals surface area contributed by atoms with Crippen molar-refractivity contribution in [2.24, 2.45) is 0 Å². The lowest BCUT2D eigenvalue weighted by Gasteiger charge is -2.10. The Kier molecular flexibility index (Phi) is 7.30. The average molecular weight is 430 g/mol. The smallest absolute Gasteiger partial charge is 0.341 e. The van der Waals surface area contributed by atoms with Gasteiger partial charge in [0.05, 0.1) is 0 Å². The summed E-state index contributed by atoms with van der Waals surface area (Å²) >= 11 is 1.64. The highest BCUT2D eigenvalue weighted by Gasteiger charge is 2.07. The quantitative estimate of drug-likeness (QED) is 0.447. The van der Waals surface area contributed by atoms with Gasteiger partial charge in [0, 0.05) is 22.3 Å². The fraction of sp³-hybridized carbons (Fsp3) is 0.174. The number of rotatable bonds is 9. The lowest BCUT2D eigenvalue weighted by Crippen LogP contribution is -2.09. The van der Waals surface area contributed by atoms with Crippen LogP contribution in [0.15, 0.2) is 65.6 Å². The van der Waals surface area contributed by atoms with Gasteiger partial charge in [-0.3, -0.25) is 0 Å². The number of hydrogen-bond donors (Lipinski definition) is 1. The fourth-order valence-electron chi connectivity index (χ4n) is 2.66. The maximum Gasteiger partial charge on any atom is 0.341 e. The van der Waals surface area contributed by atoms with E-state index in [1.807, 2.05) is 43.3 Å². The second-order valence-corrected chi connectivity index (χ2v) is 7.62. The molecule has 3 aromatic carbocycles. The molecule has 3 rings (SSSR count). The van der Waals surface area contributed by atoms with Crippen LogP contribution in [0.3, 0.4) is 0 Å². The molecule has 0 bridgehead atoms. The molecular formula is C23H20F2O4S. The van der Waals surface area contributed by atoms with Crippen LogP contribution in [0.2, 0.25) is 0 Å². The Bertz CT molecular complexity index is 1020. The number of aryl methyl sites for hydroxylation is 1. The Hall–Kier alpha value is -3.06. The van der Waals surface area contributed by atoms with Crippen molar-refractivity contribution in [3.8, 4) is 11.5 Å². The third-order valence-corrected chi connectivity index (χ3v) is 5.30. The highest BCUT2D eigenvalue weighted by molar-refractivity contribution is 7.98. The van der Waals surface area contributed by atoms with E-state index < -0.39 is 17.6 Å². The lowest BCUT2D eigenvalue weighted by atomic mass is 10.2. The van der Waals surface area contributed by atoms with Gasteiger partial charge >= 0.3 is 5.97 Å². The van der Waals surface area contributed by atoms with E-state index in [-0.39, 0.29) is 13.2 Å². The number of halogens is 2. The second-order valence-electron chi connectivity index (χ2n) is 6.57. The van der Waals surface area contributed by atoms with Gasteiger partial charge in [0.2, 0.25) is 0 Å². The Morgan fingerprint density at radius 2 is 1.77 bits per heavy atom. The predicted molar refractivity (Wildman–Crippen MR) is 111 cm³/mol. The van der Waals surface area contributed by atoms with E-state index in [1.165, 1.54) is 12.1 Å². The summed E-state index contributed by atoms with van der Waals surface area (Å²) in [6, 6.07) is 16.5. The summed E-state index contributed by atoms with van der Waals surface area (Å²) in [5.41, 5.74) is 2.25. The Morgan fingerprint density at radius 1 is 1.00 bits per heavy atom. The number of carboxylic acids is 1. The summed E-state index contributed by atoms with van der Waals surface area (Å²) in [5.74, 6) is -0.359. The van der Waals surface area contributed by atoms with E-state index in [2.05, 4.69) is 0 Å². The molecule has 30 heavy (non-hydrogen) atoms. The molecule has 0 fully saturated rings. The van der Waals surface area contributed by atoms with E-state index in [0.717, 1.165) is 27.8 Å². The standard InChI is InChI=1S/C23H20F2O4S/c1-15-10-20(8-9-22(15)29-13-23(26)27)30-14-16-2-6-19(7-3-16)28-12-17-4-5-18(24)11-21(17)25/h2-11H,12-14H2,1H3,(H,26,27). The van der Waals surface area contributed by atoms with Crippen LogP contribution in [0.4, 0.5) is 8.78 Å². The van der Waals surface area contributed by atoms with E-state index in [0.29, 0.717) is 17.1 Å². The van der Waals surface area contributed by atoms with Crippen molar-refractivity contribution in [1.29, 1.82) is 0 Å². The third-order valence-electron chi connectivity index (χ3n) is 4.24. The first-order valence-electron chi connectivity index (χ1n) is 9.14. The largest absolute Gasteiger partial charge is 0.489 e. The Labute approximate surface area is 177 Å². The van der Waals surface area contributed by atoms with Gasteiger partial charge in [-0.2, -0.15) is 0 Å². The molecule has 0 aliphatic carbocycles. The number of ether oxygens (including phenoxy) is 2. The van der Waals surface area contributed by atoms with Crippen molar-refractivity contribution >= 4 is 17.7 Å². The van der Waals surface area contributed by atoms with Crippen molar-refractivity contribution in [3.05, 3.63) is 89.0 Å². The molecule has 0 aliphatic rings. The Balaban J connectivity index is 1.52. The predicted octanol–water partition coefficient (Wildman–Crippen LogP) is 5.61. The van der Waals surface area contributed by atoms with Crippen LogP contribution in [0.5, 0.6) is 11.5 Å². The first-order valence-corrected chi connectivity index (χ1v) is 10.1. The zero-order valence-electron chi connectivity index (χ0n) is 16.2. The van der Waals surface area contributed by atoms with Gasteiger partial charge in [0.25, 0.3) is 0 Å². The molecule has 1 N–H and O–H groups in total. The molecule has 0 atom stereocenters. The summed E-state index contributed by atoms with van der Waals surface area (Å²) in [6.07, 6.45) is 0. The van der Waals surface area contributed by atoms with Gasteiger partial charge in [-0.1, -0.05) is 12.1 Å². The van der Waals surface area contributed by atoms with Crippen molar-refractivity contribution in [3.63, 3.8) is 0 Å². The number of thioether (sulfide) groups is 1. The fourth-order valence-corrected chi connectivity index (χ4v) is 3.61. The minimum Gasteiger partial charge on any atom is -0.489 e. The molecule has 0 saturated carbocycles. The molecule has 0 spiro atoms. The molecule has 7 heteroatoms. The van der Waals surface area contributed by atoms with Gasteiger partial charge < -0.3 is 14.6 Å². The molecule has 3 aromatic rings. The van der Waals surface area contributed by atoms with Gasteiger partial charge in [0.15, 0.2) is 6.61 Å². The van der Waals surface area contributed by atoms with Crippen LogP contribution in [0.25, 0.3) is 0 Å². The number of carboxylic acid groups (broad SMARTS) is 1. The van der Waals surface area contributed by atoms with E-state index in [9.17, 15) is 13.6 Å². The topological polar surface area (TPSA) is 55.8 Å². The SMILES string of the molecule is Cc1cc(SCc2ccc(OCc3ccc(F)cc3F)cc2)ccc1OCC(=O)O. The van der Waals surface area contributed by atoms with Crippen LogP contribution in [0.1, 0.15) is 16.7 Å². The molecule has 0 saturated heterocycles. The van der Waals surface area contributed by atoms with Crippen molar-refractivity contribution in [1.82, 2.24) is 0 Å². The minimum atomic E-state index is -1.01.